The molecule has 1 heterocycles. The maximum atomic E-state index is 10.5. The molecule has 0 unspecified atom stereocenters. The Balaban J connectivity index is 2.90. The van der Waals surface area contributed by atoms with Gasteiger partial charge in [-0.15, -0.1) is 0 Å². The van der Waals surface area contributed by atoms with E-state index in [2.05, 4.69) is 4.98 Å². The van der Waals surface area contributed by atoms with Gasteiger partial charge in [-0.2, -0.15) is 0 Å². The second-order valence-electron chi connectivity index (χ2n) is 3.43. The summed E-state index contributed by atoms with van der Waals surface area (Å²) in [7, 11) is 0. The van der Waals surface area contributed by atoms with Crippen molar-refractivity contribution in [2.45, 2.75) is 27.2 Å². The van der Waals surface area contributed by atoms with E-state index in [4.69, 9.17) is 9.52 Å². The summed E-state index contributed by atoms with van der Waals surface area (Å²) in [5, 5.41) is 8.60. The van der Waals surface area contributed by atoms with Crippen LogP contribution in [0.3, 0.4) is 0 Å². The summed E-state index contributed by atoms with van der Waals surface area (Å²) in [5.41, 5.74) is 0.672. The molecular formula is C9H13NO3. The molecule has 0 fully saturated rings. The molecular weight excluding hydrogens is 170 g/mol. The zero-order chi connectivity index (χ0) is 10.0. The first-order valence-electron chi connectivity index (χ1n) is 4.20. The van der Waals surface area contributed by atoms with Gasteiger partial charge in [-0.25, -0.2) is 9.78 Å². The van der Waals surface area contributed by atoms with Crippen LogP contribution in [0.1, 0.15) is 36.0 Å². The van der Waals surface area contributed by atoms with E-state index in [1.54, 1.807) is 6.92 Å². The fraction of sp³-hybridized carbons (Fsp3) is 0.556. The molecule has 1 aromatic heterocycles. The Morgan fingerprint density at radius 1 is 1.62 bits per heavy atom. The topological polar surface area (TPSA) is 63.3 Å². The Kier molecular flexibility index (Phi) is 2.70. The van der Waals surface area contributed by atoms with E-state index in [1.165, 1.54) is 0 Å². The number of hydrogen-bond donors (Lipinski definition) is 1. The summed E-state index contributed by atoms with van der Waals surface area (Å²) in [6.07, 6.45) is 0.728. The van der Waals surface area contributed by atoms with Crippen LogP contribution < -0.4 is 0 Å². The minimum atomic E-state index is -1.11. The van der Waals surface area contributed by atoms with E-state index in [9.17, 15) is 4.79 Å². The van der Waals surface area contributed by atoms with Crippen LogP contribution in [-0.2, 0) is 6.42 Å². The first-order chi connectivity index (χ1) is 6.00. The van der Waals surface area contributed by atoms with Gasteiger partial charge in [-0.1, -0.05) is 13.8 Å². The average Bonchev–Trinajstić information content (AvgIpc) is 2.31. The zero-order valence-electron chi connectivity index (χ0n) is 8.00. The van der Waals surface area contributed by atoms with E-state index < -0.39 is 5.97 Å². The van der Waals surface area contributed by atoms with Crippen LogP contribution in [0.5, 0.6) is 0 Å². The van der Waals surface area contributed by atoms with Crippen molar-refractivity contribution < 1.29 is 14.3 Å². The van der Waals surface area contributed by atoms with Crippen molar-refractivity contribution in [3.63, 3.8) is 0 Å². The zero-order valence-corrected chi connectivity index (χ0v) is 8.00. The van der Waals surface area contributed by atoms with Crippen LogP contribution in [0.25, 0.3) is 0 Å². The third-order valence-electron chi connectivity index (χ3n) is 1.67. The largest absolute Gasteiger partial charge is 0.474 e. The summed E-state index contributed by atoms with van der Waals surface area (Å²) in [6, 6.07) is 0. The van der Waals surface area contributed by atoms with Crippen molar-refractivity contribution in [1.82, 2.24) is 4.98 Å². The molecule has 0 aliphatic heterocycles. The average molecular weight is 183 g/mol. The number of carboxylic acids is 1. The van der Waals surface area contributed by atoms with Gasteiger partial charge in [0.1, 0.15) is 5.76 Å². The van der Waals surface area contributed by atoms with Gasteiger partial charge in [0.05, 0.1) is 5.69 Å². The van der Waals surface area contributed by atoms with Gasteiger partial charge in [-0.05, 0) is 12.8 Å². The highest BCUT2D eigenvalue weighted by Gasteiger charge is 2.15. The highest BCUT2D eigenvalue weighted by molar-refractivity contribution is 5.82. The molecule has 13 heavy (non-hydrogen) atoms. The SMILES string of the molecule is Cc1nc(C(=O)O)oc1CC(C)C. The number of aryl methyl sites for hydroxylation is 1. The van der Waals surface area contributed by atoms with Crippen LogP contribution >= 0.6 is 0 Å². The van der Waals surface area contributed by atoms with Gasteiger partial charge in [0.2, 0.25) is 0 Å². The molecule has 0 aromatic carbocycles. The molecule has 72 valence electrons. The molecule has 0 amide bonds. The van der Waals surface area contributed by atoms with Gasteiger partial charge in [-0.3, -0.25) is 0 Å². The molecule has 1 rings (SSSR count). The highest BCUT2D eigenvalue weighted by atomic mass is 16.4. The van der Waals surface area contributed by atoms with Crippen LogP contribution in [0.4, 0.5) is 0 Å². The summed E-state index contributed by atoms with van der Waals surface area (Å²) < 4.78 is 5.08. The molecule has 0 saturated heterocycles. The van der Waals surface area contributed by atoms with Crippen LogP contribution in [0, 0.1) is 12.8 Å². The number of oxazole rings is 1. The molecule has 4 nitrogen and oxygen atoms in total. The van der Waals surface area contributed by atoms with Crippen molar-refractivity contribution in [1.29, 1.82) is 0 Å². The smallest absolute Gasteiger partial charge is 0.392 e. The first-order valence-corrected chi connectivity index (χ1v) is 4.20. The molecule has 0 aliphatic rings. The molecule has 0 bridgehead atoms. The molecule has 0 atom stereocenters. The third-order valence-corrected chi connectivity index (χ3v) is 1.67. The normalized spacial score (nSPS) is 10.8. The predicted molar refractivity (Wildman–Crippen MR) is 46.7 cm³/mol. The van der Waals surface area contributed by atoms with Crippen molar-refractivity contribution >= 4 is 5.97 Å². The predicted octanol–water partition coefficient (Wildman–Crippen LogP) is 1.88. The van der Waals surface area contributed by atoms with Crippen LogP contribution in [-0.4, -0.2) is 16.1 Å². The number of nitrogens with zero attached hydrogens (tertiary/aromatic N) is 1. The van der Waals surface area contributed by atoms with E-state index in [0.29, 0.717) is 17.4 Å². The first kappa shape index (κ1) is 9.77. The maximum Gasteiger partial charge on any atom is 0.392 e. The number of carboxylic acid groups (broad SMARTS) is 1. The Hall–Kier alpha value is -1.32. The van der Waals surface area contributed by atoms with Gasteiger partial charge in [0.25, 0.3) is 0 Å². The second kappa shape index (κ2) is 3.60. The second-order valence-corrected chi connectivity index (χ2v) is 3.43. The monoisotopic (exact) mass is 183 g/mol. The fourth-order valence-electron chi connectivity index (χ4n) is 1.08. The number of aromatic nitrogens is 1. The van der Waals surface area contributed by atoms with Gasteiger partial charge in [0, 0.05) is 6.42 Å². The molecule has 0 saturated carbocycles. The van der Waals surface area contributed by atoms with E-state index >= 15 is 0 Å². The van der Waals surface area contributed by atoms with Gasteiger partial charge >= 0.3 is 11.9 Å². The Labute approximate surface area is 76.6 Å². The number of carbonyl (C=O) groups is 1. The summed E-state index contributed by atoms with van der Waals surface area (Å²) in [6.45, 7) is 5.85. The highest BCUT2D eigenvalue weighted by Crippen LogP contribution is 2.14. The van der Waals surface area contributed by atoms with E-state index in [0.717, 1.165) is 6.42 Å². The number of rotatable bonds is 3. The number of aromatic carboxylic acids is 1. The summed E-state index contributed by atoms with van der Waals surface area (Å²) in [5.74, 6) is -0.216. The Morgan fingerprint density at radius 2 is 2.23 bits per heavy atom. The van der Waals surface area contributed by atoms with Gasteiger partial charge in [0.15, 0.2) is 0 Å². The molecule has 1 aromatic rings. The standard InChI is InChI=1S/C9H13NO3/c1-5(2)4-7-6(3)10-8(13-7)9(11)12/h5H,4H2,1-3H3,(H,11,12). The molecule has 0 aliphatic carbocycles. The lowest BCUT2D eigenvalue weighted by Crippen LogP contribution is -1.95. The third kappa shape index (κ3) is 2.31. The molecule has 0 radical (unpaired) electrons. The quantitative estimate of drug-likeness (QED) is 0.777. The lowest BCUT2D eigenvalue weighted by molar-refractivity contribution is 0.0651. The van der Waals surface area contributed by atoms with Crippen LogP contribution in [0.15, 0.2) is 4.42 Å². The van der Waals surface area contributed by atoms with Gasteiger partial charge < -0.3 is 9.52 Å². The van der Waals surface area contributed by atoms with Crippen molar-refractivity contribution in [3.05, 3.63) is 17.3 Å². The lowest BCUT2D eigenvalue weighted by Gasteiger charge is -1.99. The van der Waals surface area contributed by atoms with Crippen LogP contribution in [0.2, 0.25) is 0 Å². The van der Waals surface area contributed by atoms with Crippen molar-refractivity contribution in [3.8, 4) is 0 Å². The van der Waals surface area contributed by atoms with E-state index in [-0.39, 0.29) is 5.89 Å². The lowest BCUT2D eigenvalue weighted by atomic mass is 10.1. The van der Waals surface area contributed by atoms with Crippen molar-refractivity contribution in [2.75, 3.05) is 0 Å². The summed E-state index contributed by atoms with van der Waals surface area (Å²) >= 11 is 0. The van der Waals surface area contributed by atoms with Crippen molar-refractivity contribution in [2.24, 2.45) is 5.92 Å². The Bertz CT molecular complexity index is 315. The number of hydrogen-bond acceptors (Lipinski definition) is 3. The minimum absolute atomic E-state index is 0.215. The maximum absolute atomic E-state index is 10.5. The fourth-order valence-corrected chi connectivity index (χ4v) is 1.08. The Morgan fingerprint density at radius 3 is 2.62 bits per heavy atom. The van der Waals surface area contributed by atoms with E-state index in [1.807, 2.05) is 13.8 Å². The molecule has 4 heteroatoms. The minimum Gasteiger partial charge on any atom is -0.474 e. The summed E-state index contributed by atoms with van der Waals surface area (Å²) in [4.78, 5) is 14.3. The molecule has 1 N–H and O–H groups in total. The molecule has 0 spiro atoms.